The van der Waals surface area contributed by atoms with E-state index < -0.39 is 17.3 Å². The van der Waals surface area contributed by atoms with E-state index in [1.165, 1.54) is 28.8 Å². The van der Waals surface area contributed by atoms with Gasteiger partial charge in [-0.2, -0.15) is 4.98 Å². The van der Waals surface area contributed by atoms with Gasteiger partial charge in [0, 0.05) is 10.9 Å². The molecule has 0 fully saturated rings. The molecule has 4 nitrogen and oxygen atoms in total. The Morgan fingerprint density at radius 2 is 1.68 bits per heavy atom. The lowest BCUT2D eigenvalue weighted by Gasteiger charge is -2.23. The van der Waals surface area contributed by atoms with Gasteiger partial charge in [0.1, 0.15) is 17.3 Å². The Balaban J connectivity index is 2.51. The van der Waals surface area contributed by atoms with Gasteiger partial charge in [-0.15, -0.1) is 0 Å². The highest BCUT2D eigenvalue weighted by Gasteiger charge is 2.22. The summed E-state index contributed by atoms with van der Waals surface area (Å²) < 4.78 is 30.8. The second kappa shape index (κ2) is 8.53. The highest BCUT2D eigenvalue weighted by atomic mass is 19.1. The zero-order chi connectivity index (χ0) is 23.0. The van der Waals surface area contributed by atoms with Gasteiger partial charge in [-0.3, -0.25) is 0 Å². The molecule has 0 aliphatic rings. The minimum Gasteiger partial charge on any atom is -0.245 e. The molecule has 2 heterocycles. The Morgan fingerprint density at radius 1 is 1.03 bits per heavy atom. The lowest BCUT2D eigenvalue weighted by Crippen LogP contribution is -2.27. The van der Waals surface area contributed by atoms with Gasteiger partial charge in [-0.1, -0.05) is 46.4 Å². The number of allylic oxidation sites excluding steroid dienone is 3. The SMILES string of the molecule is C=C(/C(=C(\C)C(C)C)n1c(=O)nc(C)c2cc(F)c(-c3ccccc3F)nc21)C(C)C. The summed E-state index contributed by atoms with van der Waals surface area (Å²) in [5.41, 5.74) is 2.25. The average Bonchev–Trinajstić information content (AvgIpc) is 2.70. The van der Waals surface area contributed by atoms with Crippen LogP contribution in [0.2, 0.25) is 0 Å². The van der Waals surface area contributed by atoms with Crippen LogP contribution in [0.5, 0.6) is 0 Å². The van der Waals surface area contributed by atoms with Crippen LogP contribution < -0.4 is 5.69 Å². The van der Waals surface area contributed by atoms with E-state index >= 15 is 0 Å². The maximum Gasteiger partial charge on any atom is 0.354 e. The Hall–Kier alpha value is -3.15. The standard InChI is InChI=1S/C25H27F2N3O/c1-13(2)15(5)23(16(6)14(3)4)30-24-19(17(7)28-25(30)31)12-21(27)22(29-24)18-10-8-9-11-20(18)26/h8-14H,5H2,1-4,6-7H3/b23-16-. The maximum atomic E-state index is 15.0. The predicted molar refractivity (Wildman–Crippen MR) is 122 cm³/mol. The number of nitrogens with zero attached hydrogens (tertiary/aromatic N) is 3. The number of fused-ring (bicyclic) bond motifs is 1. The first-order valence-corrected chi connectivity index (χ1v) is 10.3. The Kier molecular flexibility index (Phi) is 6.20. The van der Waals surface area contributed by atoms with Crippen molar-refractivity contribution in [1.29, 1.82) is 0 Å². The minimum atomic E-state index is -0.679. The first-order valence-electron chi connectivity index (χ1n) is 10.3. The summed E-state index contributed by atoms with van der Waals surface area (Å²) in [4.78, 5) is 21.7. The van der Waals surface area contributed by atoms with Crippen LogP contribution in [0.15, 0.2) is 52.9 Å². The monoisotopic (exact) mass is 423 g/mol. The first-order chi connectivity index (χ1) is 14.5. The summed E-state index contributed by atoms with van der Waals surface area (Å²) >= 11 is 0. The third-order valence-corrected chi connectivity index (χ3v) is 5.61. The van der Waals surface area contributed by atoms with Gasteiger partial charge in [-0.25, -0.2) is 23.1 Å². The number of aryl methyl sites for hydroxylation is 1. The normalized spacial score (nSPS) is 12.6. The molecule has 0 bridgehead atoms. The molecule has 6 heteroatoms. The lowest BCUT2D eigenvalue weighted by atomic mass is 9.93. The van der Waals surface area contributed by atoms with Crippen molar-refractivity contribution in [1.82, 2.24) is 14.5 Å². The molecule has 0 atom stereocenters. The minimum absolute atomic E-state index is 0.0316. The van der Waals surface area contributed by atoms with E-state index in [-0.39, 0.29) is 28.7 Å². The van der Waals surface area contributed by atoms with Crippen LogP contribution in [0.4, 0.5) is 8.78 Å². The highest BCUT2D eigenvalue weighted by Crippen LogP contribution is 2.32. The van der Waals surface area contributed by atoms with Crippen LogP contribution in [0.3, 0.4) is 0 Å². The lowest BCUT2D eigenvalue weighted by molar-refractivity contribution is 0.612. The van der Waals surface area contributed by atoms with Crippen molar-refractivity contribution < 1.29 is 8.78 Å². The van der Waals surface area contributed by atoms with Crippen LogP contribution in [0.25, 0.3) is 28.0 Å². The summed E-state index contributed by atoms with van der Waals surface area (Å²) in [6, 6.07) is 7.13. The zero-order valence-corrected chi connectivity index (χ0v) is 18.8. The number of halogens is 2. The highest BCUT2D eigenvalue weighted by molar-refractivity contribution is 5.85. The molecule has 1 aromatic carbocycles. The fourth-order valence-corrected chi connectivity index (χ4v) is 3.42. The van der Waals surface area contributed by atoms with Gasteiger partial charge in [-0.05, 0) is 55.0 Å². The molecule has 3 rings (SSSR count). The van der Waals surface area contributed by atoms with Crippen molar-refractivity contribution in [2.75, 3.05) is 0 Å². The topological polar surface area (TPSA) is 47.8 Å². The molecule has 162 valence electrons. The van der Waals surface area contributed by atoms with Gasteiger partial charge in [0.05, 0.1) is 11.4 Å². The second-order valence-corrected chi connectivity index (χ2v) is 8.35. The number of hydrogen-bond donors (Lipinski definition) is 0. The molecular formula is C25H27F2N3O. The third kappa shape index (κ3) is 4.07. The molecule has 0 saturated heterocycles. The van der Waals surface area contributed by atoms with Crippen molar-refractivity contribution in [3.8, 4) is 11.3 Å². The van der Waals surface area contributed by atoms with Crippen molar-refractivity contribution >= 4 is 16.7 Å². The predicted octanol–water partition coefficient (Wildman–Crippen LogP) is 6.14. The Bertz CT molecular complexity index is 1270. The number of rotatable bonds is 5. The number of aromatic nitrogens is 3. The number of benzene rings is 1. The quantitative estimate of drug-likeness (QED) is 0.463. The third-order valence-electron chi connectivity index (χ3n) is 5.61. The van der Waals surface area contributed by atoms with Gasteiger partial charge < -0.3 is 0 Å². The molecular weight excluding hydrogens is 396 g/mol. The van der Waals surface area contributed by atoms with Crippen molar-refractivity contribution in [3.05, 3.63) is 75.9 Å². The molecule has 0 aliphatic heterocycles. The van der Waals surface area contributed by atoms with Crippen LogP contribution in [0.1, 0.15) is 40.3 Å². The maximum absolute atomic E-state index is 15.0. The molecule has 2 aromatic heterocycles. The van der Waals surface area contributed by atoms with E-state index in [1.807, 2.05) is 34.6 Å². The van der Waals surface area contributed by atoms with Gasteiger partial charge >= 0.3 is 5.69 Å². The van der Waals surface area contributed by atoms with Crippen LogP contribution in [0, 0.1) is 30.4 Å². The smallest absolute Gasteiger partial charge is 0.245 e. The summed E-state index contributed by atoms with van der Waals surface area (Å²) in [5, 5.41) is 0.391. The van der Waals surface area contributed by atoms with Crippen molar-refractivity contribution in [2.24, 2.45) is 11.8 Å². The first kappa shape index (κ1) is 22.5. The van der Waals surface area contributed by atoms with Crippen molar-refractivity contribution in [3.63, 3.8) is 0 Å². The molecule has 0 aliphatic carbocycles. The largest absolute Gasteiger partial charge is 0.354 e. The molecule has 0 spiro atoms. The molecule has 0 N–H and O–H groups in total. The molecule has 31 heavy (non-hydrogen) atoms. The molecule has 0 saturated carbocycles. The summed E-state index contributed by atoms with van der Waals surface area (Å²) in [6.07, 6.45) is 0. The zero-order valence-electron chi connectivity index (χ0n) is 18.8. The molecule has 0 radical (unpaired) electrons. The number of pyridine rings is 1. The van der Waals surface area contributed by atoms with E-state index in [1.54, 1.807) is 13.0 Å². The van der Waals surface area contributed by atoms with Crippen LogP contribution in [-0.4, -0.2) is 14.5 Å². The van der Waals surface area contributed by atoms with E-state index in [0.29, 0.717) is 16.8 Å². The van der Waals surface area contributed by atoms with Gasteiger partial charge in [0.15, 0.2) is 5.65 Å². The molecule has 0 unspecified atom stereocenters. The van der Waals surface area contributed by atoms with Gasteiger partial charge in [0.25, 0.3) is 0 Å². The van der Waals surface area contributed by atoms with E-state index in [9.17, 15) is 13.6 Å². The molecule has 0 amide bonds. The average molecular weight is 424 g/mol. The fraction of sp³-hybridized carbons (Fsp3) is 0.320. The van der Waals surface area contributed by atoms with E-state index in [4.69, 9.17) is 0 Å². The Labute approximate surface area is 181 Å². The van der Waals surface area contributed by atoms with E-state index in [2.05, 4.69) is 16.5 Å². The van der Waals surface area contributed by atoms with Gasteiger partial charge in [0.2, 0.25) is 0 Å². The second-order valence-electron chi connectivity index (χ2n) is 8.35. The fourth-order valence-electron chi connectivity index (χ4n) is 3.42. The van der Waals surface area contributed by atoms with E-state index in [0.717, 1.165) is 11.1 Å². The summed E-state index contributed by atoms with van der Waals surface area (Å²) in [7, 11) is 0. The Morgan fingerprint density at radius 3 is 2.26 bits per heavy atom. The van der Waals surface area contributed by atoms with Crippen molar-refractivity contribution in [2.45, 2.75) is 41.5 Å². The van der Waals surface area contributed by atoms with Crippen LogP contribution in [-0.2, 0) is 0 Å². The van der Waals surface area contributed by atoms with Crippen LogP contribution >= 0.6 is 0 Å². The summed E-state index contributed by atoms with van der Waals surface area (Å²) in [5.74, 6) is -1.09. The molecule has 3 aromatic rings. The number of hydrogen-bond acceptors (Lipinski definition) is 3. The summed E-state index contributed by atoms with van der Waals surface area (Å²) in [6.45, 7) is 15.8.